The molecular formula is C16H21N5. The lowest BCUT2D eigenvalue weighted by molar-refractivity contribution is 0.893. The molecule has 2 atom stereocenters. The predicted octanol–water partition coefficient (Wildman–Crippen LogP) is 2.68. The van der Waals surface area contributed by atoms with E-state index in [9.17, 15) is 0 Å². The van der Waals surface area contributed by atoms with Crippen molar-refractivity contribution in [1.29, 1.82) is 0 Å². The summed E-state index contributed by atoms with van der Waals surface area (Å²) in [6.07, 6.45) is 4.64. The molecule has 1 aromatic carbocycles. The van der Waals surface area contributed by atoms with E-state index in [1.807, 2.05) is 0 Å². The number of benzene rings is 1. The van der Waals surface area contributed by atoms with E-state index in [1.165, 1.54) is 5.56 Å². The molecule has 0 aliphatic heterocycles. The smallest absolute Gasteiger partial charge is 0.148 e. The second-order valence-corrected chi connectivity index (χ2v) is 5.45. The molecule has 1 aliphatic carbocycles. The number of nitrogen functional groups attached to an aromatic ring is 1. The minimum absolute atomic E-state index is 0.448. The summed E-state index contributed by atoms with van der Waals surface area (Å²) in [5.41, 5.74) is 5.12. The van der Waals surface area contributed by atoms with Gasteiger partial charge in [0.05, 0.1) is 0 Å². The summed E-state index contributed by atoms with van der Waals surface area (Å²) in [5.74, 6) is 7.74. The van der Waals surface area contributed by atoms with Gasteiger partial charge in [-0.05, 0) is 18.4 Å². The number of hydrazine groups is 1. The maximum atomic E-state index is 5.55. The fourth-order valence-electron chi connectivity index (χ4n) is 2.75. The molecule has 0 amide bonds. The Balaban J connectivity index is 1.74. The number of nitrogens with zero attached hydrogens (tertiary/aromatic N) is 2. The van der Waals surface area contributed by atoms with Gasteiger partial charge in [0.1, 0.15) is 18.0 Å². The van der Waals surface area contributed by atoms with Crippen molar-refractivity contribution in [2.45, 2.75) is 38.1 Å². The molecule has 3 rings (SSSR count). The first-order chi connectivity index (χ1) is 10.3. The summed E-state index contributed by atoms with van der Waals surface area (Å²) >= 11 is 0. The van der Waals surface area contributed by atoms with Crippen LogP contribution in [-0.4, -0.2) is 16.0 Å². The van der Waals surface area contributed by atoms with E-state index in [2.05, 4.69) is 58.0 Å². The SMILES string of the molecule is CCCc1c(NN)ncnc1NC1CC1c1ccccc1. The van der Waals surface area contributed by atoms with Crippen LogP contribution in [0.4, 0.5) is 11.6 Å². The van der Waals surface area contributed by atoms with Crippen molar-refractivity contribution in [3.8, 4) is 0 Å². The standard InChI is InChI=1S/C16H21N5/c1-2-6-12-15(18-10-19-16(12)21-17)20-14-9-13(14)11-7-4-3-5-8-11/h3-5,7-8,10,13-14H,2,6,9,17H2,1H3,(H2,18,19,20,21). The molecule has 0 saturated heterocycles. The summed E-state index contributed by atoms with van der Waals surface area (Å²) in [5, 5.41) is 3.55. The maximum absolute atomic E-state index is 5.55. The van der Waals surface area contributed by atoms with Gasteiger partial charge in [0.25, 0.3) is 0 Å². The fourth-order valence-corrected chi connectivity index (χ4v) is 2.75. The van der Waals surface area contributed by atoms with Gasteiger partial charge in [-0.1, -0.05) is 43.7 Å². The topological polar surface area (TPSA) is 75.9 Å². The minimum Gasteiger partial charge on any atom is -0.366 e. The highest BCUT2D eigenvalue weighted by Gasteiger charge is 2.38. The number of nitrogens with two attached hydrogens (primary N) is 1. The lowest BCUT2D eigenvalue weighted by atomic mass is 10.1. The van der Waals surface area contributed by atoms with Gasteiger partial charge in [0.2, 0.25) is 0 Å². The number of nitrogens with one attached hydrogen (secondary N) is 2. The predicted molar refractivity (Wildman–Crippen MR) is 85.0 cm³/mol. The monoisotopic (exact) mass is 283 g/mol. The fraction of sp³-hybridized carbons (Fsp3) is 0.375. The van der Waals surface area contributed by atoms with Crippen LogP contribution in [0, 0.1) is 0 Å². The molecule has 1 aromatic heterocycles. The molecule has 4 N–H and O–H groups in total. The van der Waals surface area contributed by atoms with Gasteiger partial charge in [0.15, 0.2) is 0 Å². The van der Waals surface area contributed by atoms with Crippen molar-refractivity contribution >= 4 is 11.6 Å². The average Bonchev–Trinajstić information content (AvgIpc) is 3.29. The van der Waals surface area contributed by atoms with Crippen molar-refractivity contribution in [3.05, 3.63) is 47.8 Å². The molecular weight excluding hydrogens is 262 g/mol. The Morgan fingerprint density at radius 2 is 1.95 bits per heavy atom. The maximum Gasteiger partial charge on any atom is 0.148 e. The van der Waals surface area contributed by atoms with Gasteiger partial charge in [-0.3, -0.25) is 0 Å². The van der Waals surface area contributed by atoms with E-state index in [-0.39, 0.29) is 0 Å². The molecule has 0 radical (unpaired) electrons. The molecule has 5 nitrogen and oxygen atoms in total. The number of rotatable bonds is 6. The quantitative estimate of drug-likeness (QED) is 0.561. The van der Waals surface area contributed by atoms with Crippen molar-refractivity contribution < 1.29 is 0 Å². The first-order valence-corrected chi connectivity index (χ1v) is 7.45. The lowest BCUT2D eigenvalue weighted by Gasteiger charge is -2.13. The Hall–Kier alpha value is -2.14. The van der Waals surface area contributed by atoms with Crippen LogP contribution in [0.25, 0.3) is 0 Å². The molecule has 21 heavy (non-hydrogen) atoms. The number of anilines is 2. The van der Waals surface area contributed by atoms with Crippen LogP contribution in [-0.2, 0) is 6.42 Å². The molecule has 1 saturated carbocycles. The van der Waals surface area contributed by atoms with Crippen LogP contribution < -0.4 is 16.6 Å². The number of aromatic nitrogens is 2. The summed E-state index contributed by atoms with van der Waals surface area (Å²) < 4.78 is 0. The highest BCUT2D eigenvalue weighted by molar-refractivity contribution is 5.58. The minimum atomic E-state index is 0.448. The van der Waals surface area contributed by atoms with Crippen LogP contribution in [0.2, 0.25) is 0 Å². The normalized spacial score (nSPS) is 20.1. The van der Waals surface area contributed by atoms with E-state index < -0.39 is 0 Å². The number of hydrogen-bond donors (Lipinski definition) is 3. The van der Waals surface area contributed by atoms with Crippen molar-refractivity contribution in [2.75, 3.05) is 10.7 Å². The van der Waals surface area contributed by atoms with Crippen LogP contribution in [0.3, 0.4) is 0 Å². The molecule has 5 heteroatoms. The summed E-state index contributed by atoms with van der Waals surface area (Å²) in [7, 11) is 0. The molecule has 2 unspecified atom stereocenters. The van der Waals surface area contributed by atoms with E-state index in [0.717, 1.165) is 30.6 Å². The zero-order valence-corrected chi connectivity index (χ0v) is 12.2. The molecule has 0 bridgehead atoms. The summed E-state index contributed by atoms with van der Waals surface area (Å²) in [4.78, 5) is 8.59. The van der Waals surface area contributed by atoms with Gasteiger partial charge < -0.3 is 10.7 Å². The molecule has 1 heterocycles. The Morgan fingerprint density at radius 1 is 1.19 bits per heavy atom. The zero-order valence-electron chi connectivity index (χ0n) is 12.2. The van der Waals surface area contributed by atoms with Crippen molar-refractivity contribution in [3.63, 3.8) is 0 Å². The average molecular weight is 283 g/mol. The van der Waals surface area contributed by atoms with Crippen LogP contribution >= 0.6 is 0 Å². The largest absolute Gasteiger partial charge is 0.366 e. The Bertz CT molecular complexity index is 599. The highest BCUT2D eigenvalue weighted by Crippen LogP contribution is 2.43. The molecule has 110 valence electrons. The van der Waals surface area contributed by atoms with Gasteiger partial charge in [0, 0.05) is 17.5 Å². The van der Waals surface area contributed by atoms with Gasteiger partial charge in [-0.2, -0.15) is 0 Å². The highest BCUT2D eigenvalue weighted by atomic mass is 15.3. The first-order valence-electron chi connectivity index (χ1n) is 7.45. The molecule has 1 fully saturated rings. The van der Waals surface area contributed by atoms with Crippen LogP contribution in [0.5, 0.6) is 0 Å². The zero-order chi connectivity index (χ0) is 14.7. The van der Waals surface area contributed by atoms with Gasteiger partial charge >= 0.3 is 0 Å². The van der Waals surface area contributed by atoms with Crippen molar-refractivity contribution in [1.82, 2.24) is 9.97 Å². The summed E-state index contributed by atoms with van der Waals surface area (Å²) in [6.45, 7) is 2.14. The van der Waals surface area contributed by atoms with E-state index in [0.29, 0.717) is 17.8 Å². The van der Waals surface area contributed by atoms with Crippen LogP contribution in [0.1, 0.15) is 36.8 Å². The Kier molecular flexibility index (Phi) is 4.01. The lowest BCUT2D eigenvalue weighted by Crippen LogP contribution is -2.15. The third-order valence-electron chi connectivity index (χ3n) is 3.92. The number of hydrogen-bond acceptors (Lipinski definition) is 5. The molecule has 1 aliphatic rings. The van der Waals surface area contributed by atoms with E-state index >= 15 is 0 Å². The second kappa shape index (κ2) is 6.10. The van der Waals surface area contributed by atoms with E-state index in [4.69, 9.17) is 5.84 Å². The molecule has 0 spiro atoms. The second-order valence-electron chi connectivity index (χ2n) is 5.45. The van der Waals surface area contributed by atoms with Crippen LogP contribution in [0.15, 0.2) is 36.7 Å². The molecule has 2 aromatic rings. The summed E-state index contributed by atoms with van der Waals surface area (Å²) in [6, 6.07) is 11.1. The van der Waals surface area contributed by atoms with Gasteiger partial charge in [-0.15, -0.1) is 0 Å². The van der Waals surface area contributed by atoms with E-state index in [1.54, 1.807) is 6.33 Å². The third-order valence-corrected chi connectivity index (χ3v) is 3.92. The Labute approximate surface area is 125 Å². The third kappa shape index (κ3) is 2.97. The van der Waals surface area contributed by atoms with Crippen molar-refractivity contribution in [2.24, 2.45) is 5.84 Å². The van der Waals surface area contributed by atoms with Gasteiger partial charge in [-0.25, -0.2) is 15.8 Å². The first kappa shape index (κ1) is 13.8. The Morgan fingerprint density at radius 3 is 2.67 bits per heavy atom.